The zero-order valence-corrected chi connectivity index (χ0v) is 24.0. The van der Waals surface area contributed by atoms with Gasteiger partial charge in [-0.15, -0.1) is 0 Å². The number of methoxy groups -OCH3 is 1. The smallest absolute Gasteiger partial charge is 0.247 e. The third-order valence-corrected chi connectivity index (χ3v) is 7.82. The van der Waals surface area contributed by atoms with Crippen LogP contribution in [0.1, 0.15) is 69.4 Å². The maximum Gasteiger partial charge on any atom is 0.247 e. The van der Waals surface area contributed by atoms with Crippen molar-refractivity contribution >= 4 is 34.8 Å². The van der Waals surface area contributed by atoms with Crippen molar-refractivity contribution in [2.45, 2.75) is 70.8 Å². The van der Waals surface area contributed by atoms with Gasteiger partial charge >= 0.3 is 0 Å². The van der Waals surface area contributed by atoms with Crippen molar-refractivity contribution in [3.63, 3.8) is 0 Å². The van der Waals surface area contributed by atoms with Crippen LogP contribution in [0.4, 0.5) is 11.4 Å². The van der Waals surface area contributed by atoms with Gasteiger partial charge in [-0.2, -0.15) is 0 Å². The van der Waals surface area contributed by atoms with Gasteiger partial charge in [0.15, 0.2) is 0 Å². The zero-order chi connectivity index (χ0) is 27.8. The highest BCUT2D eigenvalue weighted by Gasteiger charge is 2.30. The van der Waals surface area contributed by atoms with E-state index in [4.69, 9.17) is 16.3 Å². The summed E-state index contributed by atoms with van der Waals surface area (Å²) in [6.07, 6.45) is 6.20. The summed E-state index contributed by atoms with van der Waals surface area (Å²) < 4.78 is 5.25. The van der Waals surface area contributed by atoms with Crippen LogP contribution in [0.3, 0.4) is 0 Å². The Kier molecular flexibility index (Phi) is 10.0. The van der Waals surface area contributed by atoms with Gasteiger partial charge in [-0.3, -0.25) is 9.59 Å². The minimum absolute atomic E-state index is 0.0123. The first-order chi connectivity index (χ1) is 18.9. The van der Waals surface area contributed by atoms with E-state index < -0.39 is 0 Å². The second-order valence-electron chi connectivity index (χ2n) is 10.6. The third kappa shape index (κ3) is 7.63. The van der Waals surface area contributed by atoms with Crippen molar-refractivity contribution in [1.29, 1.82) is 0 Å². The number of carbonyl (C=O) groups excluding carboxylic acids is 2. The highest BCUT2D eigenvalue weighted by molar-refractivity contribution is 6.30. The molecule has 0 radical (unpaired) electrons. The molecule has 206 valence electrons. The number of nitrogens with zero attached hydrogens (tertiary/aromatic N) is 2. The minimum Gasteiger partial charge on any atom is -0.497 e. The third-order valence-electron chi connectivity index (χ3n) is 7.57. The highest BCUT2D eigenvalue weighted by Crippen LogP contribution is 2.30. The number of amides is 2. The summed E-state index contributed by atoms with van der Waals surface area (Å²) in [4.78, 5) is 31.3. The van der Waals surface area contributed by atoms with E-state index in [0.29, 0.717) is 23.8 Å². The fraction of sp³-hybridized carbons (Fsp3) is 0.394. The molecule has 2 amide bonds. The molecule has 0 bridgehead atoms. The van der Waals surface area contributed by atoms with E-state index in [1.54, 1.807) is 12.0 Å². The van der Waals surface area contributed by atoms with Crippen LogP contribution in [-0.4, -0.2) is 31.5 Å². The summed E-state index contributed by atoms with van der Waals surface area (Å²) in [7, 11) is 1.64. The number of halogens is 1. The number of rotatable bonds is 10. The summed E-state index contributed by atoms with van der Waals surface area (Å²) in [5.41, 5.74) is 3.82. The van der Waals surface area contributed by atoms with Crippen molar-refractivity contribution < 1.29 is 14.3 Å². The van der Waals surface area contributed by atoms with Gasteiger partial charge in [0.1, 0.15) is 12.3 Å². The first-order valence-electron chi connectivity index (χ1n) is 14.0. The number of ether oxygens (including phenoxy) is 1. The van der Waals surface area contributed by atoms with Crippen LogP contribution in [0.15, 0.2) is 72.8 Å². The Labute approximate surface area is 237 Å². The molecular weight excluding hydrogens is 508 g/mol. The van der Waals surface area contributed by atoms with E-state index in [1.807, 2.05) is 77.7 Å². The molecule has 1 fully saturated rings. The molecule has 3 aromatic carbocycles. The first kappa shape index (κ1) is 28.7. The Bertz CT molecular complexity index is 1220. The van der Waals surface area contributed by atoms with Crippen LogP contribution in [0.25, 0.3) is 0 Å². The summed E-state index contributed by atoms with van der Waals surface area (Å²) in [6.45, 7) is 4.27. The number of hydrogen-bond acceptors (Lipinski definition) is 3. The van der Waals surface area contributed by atoms with Crippen LogP contribution in [0.5, 0.6) is 5.75 Å². The normalized spacial score (nSPS) is 13.8. The Hall–Kier alpha value is -3.31. The molecule has 1 saturated carbocycles. The lowest BCUT2D eigenvalue weighted by Gasteiger charge is -2.36. The molecule has 0 N–H and O–H groups in total. The monoisotopic (exact) mass is 546 g/mol. The molecule has 0 unspecified atom stereocenters. The maximum atomic E-state index is 14.0. The topological polar surface area (TPSA) is 49.9 Å². The largest absolute Gasteiger partial charge is 0.497 e. The van der Waals surface area contributed by atoms with E-state index >= 15 is 0 Å². The highest BCUT2D eigenvalue weighted by atomic mass is 35.5. The lowest BCUT2D eigenvalue weighted by atomic mass is 9.93. The van der Waals surface area contributed by atoms with Gasteiger partial charge < -0.3 is 14.5 Å². The summed E-state index contributed by atoms with van der Waals surface area (Å²) in [5, 5.41) is 0.635. The lowest BCUT2D eigenvalue weighted by molar-refractivity contribution is -0.122. The Balaban J connectivity index is 1.59. The van der Waals surface area contributed by atoms with Crippen LogP contribution in [-0.2, 0) is 16.0 Å². The molecule has 0 spiro atoms. The average molecular weight is 547 g/mol. The van der Waals surface area contributed by atoms with Gasteiger partial charge in [-0.1, -0.05) is 69.0 Å². The SMILES string of the molecule is COc1ccc(CCC(=O)N(CC(=O)N(c2ccc(Cl)cc2)C2CCCCC2)c2ccc(C(C)C)cc2)cc1. The minimum atomic E-state index is -0.0741. The summed E-state index contributed by atoms with van der Waals surface area (Å²) >= 11 is 6.16. The lowest BCUT2D eigenvalue weighted by Crippen LogP contribution is -2.48. The number of aryl methyl sites for hydroxylation is 1. The molecule has 0 aromatic heterocycles. The summed E-state index contributed by atoms with van der Waals surface area (Å²) in [6, 6.07) is 23.3. The van der Waals surface area contributed by atoms with Crippen LogP contribution in [0.2, 0.25) is 5.02 Å². The predicted octanol–water partition coefficient (Wildman–Crippen LogP) is 7.80. The van der Waals surface area contributed by atoms with Crippen LogP contribution in [0, 0.1) is 0 Å². The molecular formula is C33H39ClN2O3. The number of hydrogen-bond donors (Lipinski definition) is 0. The van der Waals surface area contributed by atoms with E-state index in [0.717, 1.165) is 48.4 Å². The van der Waals surface area contributed by atoms with Gasteiger partial charge in [-0.25, -0.2) is 0 Å². The maximum absolute atomic E-state index is 14.0. The Morgan fingerprint density at radius 1 is 0.846 bits per heavy atom. The molecule has 3 aromatic rings. The van der Waals surface area contributed by atoms with Gasteiger partial charge in [0.2, 0.25) is 11.8 Å². The van der Waals surface area contributed by atoms with Crippen molar-refractivity contribution in [2.75, 3.05) is 23.5 Å². The van der Waals surface area contributed by atoms with Crippen molar-refractivity contribution in [2.24, 2.45) is 0 Å². The van der Waals surface area contributed by atoms with Gasteiger partial charge in [0, 0.05) is 28.9 Å². The van der Waals surface area contributed by atoms with E-state index in [2.05, 4.69) is 13.8 Å². The fourth-order valence-corrected chi connectivity index (χ4v) is 5.38. The predicted molar refractivity (Wildman–Crippen MR) is 160 cm³/mol. The average Bonchev–Trinajstić information content (AvgIpc) is 2.96. The quantitative estimate of drug-likeness (QED) is 0.260. The number of carbonyl (C=O) groups is 2. The van der Waals surface area contributed by atoms with Crippen molar-refractivity contribution in [3.8, 4) is 5.75 Å². The zero-order valence-electron chi connectivity index (χ0n) is 23.2. The van der Waals surface area contributed by atoms with Crippen molar-refractivity contribution in [1.82, 2.24) is 0 Å². The van der Waals surface area contributed by atoms with E-state index in [-0.39, 0.29) is 24.4 Å². The Morgan fingerprint density at radius 3 is 2.05 bits per heavy atom. The number of benzene rings is 3. The summed E-state index contributed by atoms with van der Waals surface area (Å²) in [5.74, 6) is 1.02. The molecule has 0 aliphatic heterocycles. The van der Waals surface area contributed by atoms with Crippen molar-refractivity contribution in [3.05, 3.63) is 88.9 Å². The van der Waals surface area contributed by atoms with Gasteiger partial charge in [0.05, 0.1) is 7.11 Å². The fourth-order valence-electron chi connectivity index (χ4n) is 5.25. The van der Waals surface area contributed by atoms with E-state index in [1.165, 1.54) is 12.0 Å². The molecule has 1 aliphatic rings. The molecule has 0 atom stereocenters. The molecule has 4 rings (SSSR count). The number of anilines is 2. The standard InChI is InChI=1S/C33H39ClN2O3/c1-24(2)26-12-16-28(17-13-26)35(32(37)22-11-25-9-20-31(39-3)21-10-25)23-33(38)36(29-7-5-4-6-8-29)30-18-14-27(34)15-19-30/h9-10,12-21,24,29H,4-8,11,22-23H2,1-3H3. The Morgan fingerprint density at radius 2 is 1.46 bits per heavy atom. The molecule has 0 saturated heterocycles. The molecule has 39 heavy (non-hydrogen) atoms. The van der Waals surface area contributed by atoms with E-state index in [9.17, 15) is 9.59 Å². The van der Waals surface area contributed by atoms with Gasteiger partial charge in [-0.05, 0) is 84.8 Å². The van der Waals surface area contributed by atoms with Gasteiger partial charge in [0.25, 0.3) is 0 Å². The van der Waals surface area contributed by atoms with Crippen LogP contribution >= 0.6 is 11.6 Å². The molecule has 5 nitrogen and oxygen atoms in total. The second kappa shape index (κ2) is 13.7. The molecule has 6 heteroatoms. The molecule has 1 aliphatic carbocycles. The second-order valence-corrected chi connectivity index (χ2v) is 11.0. The van der Waals surface area contributed by atoms with Crippen LogP contribution < -0.4 is 14.5 Å². The molecule has 0 heterocycles. The first-order valence-corrected chi connectivity index (χ1v) is 14.3.